The topological polar surface area (TPSA) is 84.9 Å². The Morgan fingerprint density at radius 1 is 1.14 bits per heavy atom. The largest absolute Gasteiger partial charge is 0.486 e. The zero-order valence-electron chi connectivity index (χ0n) is 11.4. The fourth-order valence-electron chi connectivity index (χ4n) is 1.93. The number of benzene rings is 1. The van der Waals surface area contributed by atoms with E-state index in [0.29, 0.717) is 47.7 Å². The molecule has 0 atom stereocenters. The normalized spacial score (nSPS) is 12.8. The number of amides is 1. The third kappa shape index (κ3) is 4.63. The van der Waals surface area contributed by atoms with Crippen LogP contribution in [-0.2, 0) is 9.59 Å². The van der Waals surface area contributed by atoms with Crippen molar-refractivity contribution < 1.29 is 24.2 Å². The molecule has 1 aromatic rings. The van der Waals surface area contributed by atoms with Gasteiger partial charge in [-0.2, -0.15) is 0 Å². The number of carbonyl (C=O) groups excluding carboxylic acids is 1. The van der Waals surface area contributed by atoms with Crippen molar-refractivity contribution in [2.45, 2.75) is 25.7 Å². The van der Waals surface area contributed by atoms with Crippen molar-refractivity contribution in [2.75, 3.05) is 18.5 Å². The third-order valence-corrected chi connectivity index (χ3v) is 3.61. The average Bonchev–Trinajstić information content (AvgIpc) is 2.44. The predicted octanol–water partition coefficient (Wildman–Crippen LogP) is 2.80. The maximum atomic E-state index is 11.8. The molecule has 0 aromatic heterocycles. The fourth-order valence-corrected chi connectivity index (χ4v) is 2.36. The van der Waals surface area contributed by atoms with E-state index in [4.69, 9.17) is 14.6 Å². The van der Waals surface area contributed by atoms with Crippen molar-refractivity contribution in [1.82, 2.24) is 0 Å². The van der Waals surface area contributed by atoms with Gasteiger partial charge in [0.2, 0.25) is 5.91 Å². The van der Waals surface area contributed by atoms with E-state index in [-0.39, 0.29) is 18.7 Å². The first-order chi connectivity index (χ1) is 10.1. The van der Waals surface area contributed by atoms with Gasteiger partial charge in [-0.3, -0.25) is 9.59 Å². The van der Waals surface area contributed by atoms with Gasteiger partial charge < -0.3 is 19.9 Å². The molecule has 2 N–H and O–H groups in total. The number of carbonyl (C=O) groups is 2. The van der Waals surface area contributed by atoms with E-state index in [0.717, 1.165) is 0 Å². The average molecular weight is 358 g/mol. The monoisotopic (exact) mass is 357 g/mol. The van der Waals surface area contributed by atoms with Gasteiger partial charge in [-0.1, -0.05) is 0 Å². The summed E-state index contributed by atoms with van der Waals surface area (Å²) in [4.78, 5) is 22.2. The van der Waals surface area contributed by atoms with Gasteiger partial charge in [0.15, 0.2) is 11.5 Å². The highest BCUT2D eigenvalue weighted by Crippen LogP contribution is 2.38. The van der Waals surface area contributed by atoms with Crippen LogP contribution in [0.3, 0.4) is 0 Å². The van der Waals surface area contributed by atoms with Crippen LogP contribution in [0.5, 0.6) is 11.5 Å². The first kappa shape index (κ1) is 15.6. The molecule has 0 unspecified atom stereocenters. The first-order valence-corrected chi connectivity index (χ1v) is 7.46. The zero-order valence-corrected chi connectivity index (χ0v) is 12.9. The second kappa shape index (κ2) is 7.31. The van der Waals surface area contributed by atoms with Gasteiger partial charge in [-0.05, 0) is 28.8 Å². The summed E-state index contributed by atoms with van der Waals surface area (Å²) in [7, 11) is 0. The molecule has 1 aliphatic rings. The highest BCUT2D eigenvalue weighted by atomic mass is 79.9. The van der Waals surface area contributed by atoms with Crippen molar-refractivity contribution in [3.63, 3.8) is 0 Å². The third-order valence-electron chi connectivity index (χ3n) is 2.95. The number of hydrogen-bond donors (Lipinski definition) is 2. The molecule has 2 rings (SSSR count). The van der Waals surface area contributed by atoms with Crippen LogP contribution in [0.1, 0.15) is 25.7 Å². The summed E-state index contributed by atoms with van der Waals surface area (Å²) in [5, 5.41) is 11.3. The number of anilines is 1. The number of aliphatic carboxylic acids is 1. The lowest BCUT2D eigenvalue weighted by Gasteiger charge is -2.20. The summed E-state index contributed by atoms with van der Waals surface area (Å²) >= 11 is 3.38. The van der Waals surface area contributed by atoms with Crippen molar-refractivity contribution >= 4 is 33.5 Å². The number of nitrogens with one attached hydrogen (secondary N) is 1. The maximum Gasteiger partial charge on any atom is 0.303 e. The van der Waals surface area contributed by atoms with Crippen LogP contribution in [0.15, 0.2) is 16.6 Å². The molecule has 114 valence electrons. The molecule has 7 heteroatoms. The van der Waals surface area contributed by atoms with Crippen LogP contribution in [0.2, 0.25) is 0 Å². The Hall–Kier alpha value is -1.76. The summed E-state index contributed by atoms with van der Waals surface area (Å²) < 4.78 is 11.6. The molecule has 1 heterocycles. The summed E-state index contributed by atoms with van der Waals surface area (Å²) in [5.74, 6) is 0.251. The van der Waals surface area contributed by atoms with Crippen molar-refractivity contribution in [3.05, 3.63) is 16.6 Å². The van der Waals surface area contributed by atoms with Crippen LogP contribution in [0.4, 0.5) is 5.69 Å². The lowest BCUT2D eigenvalue weighted by atomic mass is 10.2. The SMILES string of the molecule is O=C(O)CCCCC(=O)Nc1cc2c(cc1Br)OCCO2. The van der Waals surface area contributed by atoms with Gasteiger partial charge in [-0.15, -0.1) is 0 Å². The summed E-state index contributed by atoms with van der Waals surface area (Å²) in [6.07, 6.45) is 1.40. The Bertz CT molecular complexity index is 546. The number of fused-ring (bicyclic) bond motifs is 1. The summed E-state index contributed by atoms with van der Waals surface area (Å²) in [6.45, 7) is 0.992. The zero-order chi connectivity index (χ0) is 15.2. The number of ether oxygens (including phenoxy) is 2. The number of unbranched alkanes of at least 4 members (excludes halogenated alkanes) is 1. The number of rotatable bonds is 6. The highest BCUT2D eigenvalue weighted by Gasteiger charge is 2.16. The molecule has 1 aromatic carbocycles. The molecule has 0 bridgehead atoms. The molecule has 0 radical (unpaired) electrons. The maximum absolute atomic E-state index is 11.8. The Morgan fingerprint density at radius 2 is 1.76 bits per heavy atom. The molecule has 1 amide bonds. The van der Waals surface area contributed by atoms with Gasteiger partial charge in [0.25, 0.3) is 0 Å². The molecule has 6 nitrogen and oxygen atoms in total. The lowest BCUT2D eigenvalue weighted by Crippen LogP contribution is -2.16. The molecule has 0 saturated carbocycles. The van der Waals surface area contributed by atoms with Gasteiger partial charge in [-0.25, -0.2) is 0 Å². The molecular weight excluding hydrogens is 342 g/mol. The number of halogens is 1. The minimum absolute atomic E-state index is 0.0843. The highest BCUT2D eigenvalue weighted by molar-refractivity contribution is 9.10. The van der Waals surface area contributed by atoms with Crippen molar-refractivity contribution in [1.29, 1.82) is 0 Å². The van der Waals surface area contributed by atoms with Crippen LogP contribution in [-0.4, -0.2) is 30.2 Å². The fraction of sp³-hybridized carbons (Fsp3) is 0.429. The smallest absolute Gasteiger partial charge is 0.303 e. The van der Waals surface area contributed by atoms with E-state index >= 15 is 0 Å². The van der Waals surface area contributed by atoms with Gasteiger partial charge in [0, 0.05) is 29.4 Å². The van der Waals surface area contributed by atoms with E-state index in [2.05, 4.69) is 21.2 Å². The van der Waals surface area contributed by atoms with E-state index in [1.165, 1.54) is 0 Å². The Labute approximate surface area is 130 Å². The number of carboxylic acid groups (broad SMARTS) is 1. The van der Waals surface area contributed by atoms with Gasteiger partial charge >= 0.3 is 5.97 Å². The van der Waals surface area contributed by atoms with Crippen LogP contribution < -0.4 is 14.8 Å². The van der Waals surface area contributed by atoms with Crippen LogP contribution in [0.25, 0.3) is 0 Å². The summed E-state index contributed by atoms with van der Waals surface area (Å²) in [6, 6.07) is 3.47. The molecule has 0 fully saturated rings. The van der Waals surface area contributed by atoms with E-state index in [1.807, 2.05) is 0 Å². The molecule has 1 aliphatic heterocycles. The number of hydrogen-bond acceptors (Lipinski definition) is 4. The lowest BCUT2D eigenvalue weighted by molar-refractivity contribution is -0.137. The Morgan fingerprint density at radius 3 is 2.43 bits per heavy atom. The Balaban J connectivity index is 1.90. The van der Waals surface area contributed by atoms with Crippen LogP contribution in [0, 0.1) is 0 Å². The van der Waals surface area contributed by atoms with Crippen molar-refractivity contribution in [3.8, 4) is 11.5 Å². The van der Waals surface area contributed by atoms with Crippen LogP contribution >= 0.6 is 15.9 Å². The van der Waals surface area contributed by atoms with Gasteiger partial charge in [0.1, 0.15) is 13.2 Å². The molecule has 0 spiro atoms. The van der Waals surface area contributed by atoms with E-state index in [1.54, 1.807) is 12.1 Å². The second-order valence-corrected chi connectivity index (χ2v) is 5.48. The molecule has 0 saturated heterocycles. The van der Waals surface area contributed by atoms with E-state index < -0.39 is 5.97 Å². The quantitative estimate of drug-likeness (QED) is 0.764. The standard InChI is InChI=1S/C14H16BrNO5/c15-9-7-11-12(21-6-5-20-11)8-10(9)16-13(17)3-1-2-4-14(18)19/h7-8H,1-6H2,(H,16,17)(H,18,19). The molecular formula is C14H16BrNO5. The minimum atomic E-state index is -0.843. The number of carboxylic acids is 1. The molecule has 21 heavy (non-hydrogen) atoms. The second-order valence-electron chi connectivity index (χ2n) is 4.62. The van der Waals surface area contributed by atoms with Crippen molar-refractivity contribution in [2.24, 2.45) is 0 Å². The van der Waals surface area contributed by atoms with E-state index in [9.17, 15) is 9.59 Å². The minimum Gasteiger partial charge on any atom is -0.486 e. The molecule has 0 aliphatic carbocycles. The predicted molar refractivity (Wildman–Crippen MR) is 79.9 cm³/mol. The first-order valence-electron chi connectivity index (χ1n) is 6.67. The summed E-state index contributed by atoms with van der Waals surface area (Å²) in [5.41, 5.74) is 0.613. The van der Waals surface area contributed by atoms with Gasteiger partial charge in [0.05, 0.1) is 5.69 Å². The Kier molecular flexibility index (Phi) is 5.44.